The van der Waals surface area contributed by atoms with Gasteiger partial charge in [-0.15, -0.1) is 0 Å². The first-order valence-electron chi connectivity index (χ1n) is 3.48. The number of aliphatic hydroxyl groups excluding tert-OH is 4. The van der Waals surface area contributed by atoms with E-state index in [1.54, 1.807) is 0 Å². The quantitative estimate of drug-likeness (QED) is 0.310. The van der Waals surface area contributed by atoms with Gasteiger partial charge in [0.2, 0.25) is 0 Å². The predicted octanol–water partition coefficient (Wildman–Crippen LogP) is -2.26. The van der Waals surface area contributed by atoms with E-state index >= 15 is 0 Å². The second kappa shape index (κ2) is 5.39. The molecule has 74 valence electrons. The largest absolute Gasteiger partial charge is 0.396 e. The van der Waals surface area contributed by atoms with E-state index in [4.69, 9.17) is 25.5 Å². The molecule has 0 aromatic heterocycles. The normalized spacial score (nSPS) is 19.2. The Balaban J connectivity index is 3.90. The van der Waals surface area contributed by atoms with Gasteiger partial charge in [-0.3, -0.25) is 0 Å². The molecule has 0 rings (SSSR count). The summed E-state index contributed by atoms with van der Waals surface area (Å²) in [5, 5.41) is 42.5. The van der Waals surface area contributed by atoms with Gasteiger partial charge in [0.25, 0.3) is 0 Å². The summed E-state index contributed by atoms with van der Waals surface area (Å²) in [6, 6.07) is 0. The standard InChI is InChI=1S/C6H13FO5/c7-4(6(11)12)5(10)3(9)1-2-8/h3-6,8-12H,1-2H2/t3-,4?,5?/m1/s1. The molecular formula is C6H13FO5. The predicted molar refractivity (Wildman–Crippen MR) is 36.8 cm³/mol. The van der Waals surface area contributed by atoms with E-state index in [2.05, 4.69) is 0 Å². The van der Waals surface area contributed by atoms with E-state index in [9.17, 15) is 4.39 Å². The highest BCUT2D eigenvalue weighted by Crippen LogP contribution is 2.09. The molecule has 0 radical (unpaired) electrons. The van der Waals surface area contributed by atoms with Crippen LogP contribution >= 0.6 is 0 Å². The molecule has 0 aromatic carbocycles. The van der Waals surface area contributed by atoms with Crippen LogP contribution in [0.5, 0.6) is 0 Å². The molecule has 0 aliphatic rings. The molecule has 0 bridgehead atoms. The van der Waals surface area contributed by atoms with Gasteiger partial charge in [-0.2, -0.15) is 0 Å². The van der Waals surface area contributed by atoms with Crippen LogP contribution in [0.15, 0.2) is 0 Å². The Bertz CT molecular complexity index is 121. The smallest absolute Gasteiger partial charge is 0.186 e. The summed E-state index contributed by atoms with van der Waals surface area (Å²) in [6.07, 6.45) is -8.25. The Morgan fingerprint density at radius 2 is 1.58 bits per heavy atom. The molecule has 0 aromatic rings. The molecule has 6 heteroatoms. The number of aliphatic hydroxyl groups is 5. The van der Waals surface area contributed by atoms with Crippen molar-refractivity contribution in [3.8, 4) is 0 Å². The maximum absolute atomic E-state index is 12.5. The van der Waals surface area contributed by atoms with Gasteiger partial charge in [0, 0.05) is 6.61 Å². The third kappa shape index (κ3) is 3.42. The van der Waals surface area contributed by atoms with Crippen molar-refractivity contribution < 1.29 is 29.9 Å². The first-order chi connectivity index (χ1) is 5.50. The Morgan fingerprint density at radius 1 is 1.08 bits per heavy atom. The van der Waals surface area contributed by atoms with Crippen LogP contribution in [-0.4, -0.2) is 56.8 Å². The van der Waals surface area contributed by atoms with E-state index in [1.807, 2.05) is 0 Å². The molecule has 5 N–H and O–H groups in total. The molecule has 0 amide bonds. The van der Waals surface area contributed by atoms with Crippen molar-refractivity contribution in [3.63, 3.8) is 0 Å². The molecule has 3 atom stereocenters. The third-order valence-corrected chi connectivity index (χ3v) is 1.43. The van der Waals surface area contributed by atoms with Crippen molar-refractivity contribution >= 4 is 0 Å². The summed E-state index contributed by atoms with van der Waals surface area (Å²) in [6.45, 7) is -0.410. The molecular weight excluding hydrogens is 171 g/mol. The van der Waals surface area contributed by atoms with Crippen LogP contribution < -0.4 is 0 Å². The molecule has 0 aliphatic carbocycles. The lowest BCUT2D eigenvalue weighted by atomic mass is 10.1. The average molecular weight is 184 g/mol. The van der Waals surface area contributed by atoms with E-state index in [1.165, 1.54) is 0 Å². The minimum Gasteiger partial charge on any atom is -0.396 e. The Labute approximate surface area is 68.7 Å². The minimum absolute atomic E-state index is 0.214. The first kappa shape index (κ1) is 11.7. The highest BCUT2D eigenvalue weighted by atomic mass is 19.1. The molecule has 0 saturated heterocycles. The molecule has 0 heterocycles. The number of alkyl halides is 1. The monoisotopic (exact) mass is 184 g/mol. The van der Waals surface area contributed by atoms with E-state index in [0.717, 1.165) is 0 Å². The second-order valence-electron chi connectivity index (χ2n) is 2.43. The second-order valence-corrected chi connectivity index (χ2v) is 2.43. The summed E-state index contributed by atoms with van der Waals surface area (Å²) >= 11 is 0. The van der Waals surface area contributed by atoms with Gasteiger partial charge in [0.05, 0.1) is 6.10 Å². The van der Waals surface area contributed by atoms with Crippen molar-refractivity contribution in [1.29, 1.82) is 0 Å². The van der Waals surface area contributed by atoms with E-state index in [0.29, 0.717) is 0 Å². The van der Waals surface area contributed by atoms with Gasteiger partial charge in [-0.05, 0) is 6.42 Å². The van der Waals surface area contributed by atoms with Crippen LogP contribution in [-0.2, 0) is 0 Å². The lowest BCUT2D eigenvalue weighted by Crippen LogP contribution is -2.42. The van der Waals surface area contributed by atoms with Crippen LogP contribution in [0, 0.1) is 0 Å². The number of hydrogen-bond donors (Lipinski definition) is 5. The fourth-order valence-electron chi connectivity index (χ4n) is 0.692. The van der Waals surface area contributed by atoms with Crippen molar-refractivity contribution in [2.24, 2.45) is 0 Å². The summed E-state index contributed by atoms with van der Waals surface area (Å²) in [5.41, 5.74) is 0. The maximum Gasteiger partial charge on any atom is 0.186 e. The average Bonchev–Trinajstić information content (AvgIpc) is 2.02. The van der Waals surface area contributed by atoms with Crippen molar-refractivity contribution in [2.75, 3.05) is 6.61 Å². The van der Waals surface area contributed by atoms with Gasteiger partial charge < -0.3 is 25.5 Å². The lowest BCUT2D eigenvalue weighted by Gasteiger charge is -2.21. The van der Waals surface area contributed by atoms with Gasteiger partial charge in [0.1, 0.15) is 6.10 Å². The third-order valence-electron chi connectivity index (χ3n) is 1.43. The molecule has 0 fully saturated rings. The van der Waals surface area contributed by atoms with E-state index < -0.39 is 31.3 Å². The maximum atomic E-state index is 12.5. The number of halogens is 1. The molecule has 2 unspecified atom stereocenters. The first-order valence-corrected chi connectivity index (χ1v) is 3.48. The summed E-state index contributed by atoms with van der Waals surface area (Å²) in [4.78, 5) is 0. The van der Waals surface area contributed by atoms with Gasteiger partial charge in [-0.1, -0.05) is 0 Å². The van der Waals surface area contributed by atoms with Crippen LogP contribution in [0.1, 0.15) is 6.42 Å². The molecule has 0 spiro atoms. The zero-order valence-corrected chi connectivity index (χ0v) is 6.34. The van der Waals surface area contributed by atoms with E-state index in [-0.39, 0.29) is 6.42 Å². The molecule has 0 aliphatic heterocycles. The lowest BCUT2D eigenvalue weighted by molar-refractivity contribution is -0.150. The molecule has 12 heavy (non-hydrogen) atoms. The fourth-order valence-corrected chi connectivity index (χ4v) is 0.692. The van der Waals surface area contributed by atoms with Crippen LogP contribution in [0.4, 0.5) is 4.39 Å². The topological polar surface area (TPSA) is 101 Å². The number of rotatable bonds is 5. The van der Waals surface area contributed by atoms with Crippen LogP contribution in [0.25, 0.3) is 0 Å². The summed E-state index contributed by atoms with van der Waals surface area (Å²) in [5.74, 6) is 0. The Morgan fingerprint density at radius 3 is 1.92 bits per heavy atom. The highest BCUT2D eigenvalue weighted by Gasteiger charge is 2.30. The highest BCUT2D eigenvalue weighted by molar-refractivity contribution is 4.76. The minimum atomic E-state index is -2.33. The number of hydrogen-bond acceptors (Lipinski definition) is 5. The van der Waals surface area contributed by atoms with Gasteiger partial charge in [-0.25, -0.2) is 4.39 Å². The molecule has 5 nitrogen and oxygen atoms in total. The van der Waals surface area contributed by atoms with Gasteiger partial charge in [0.15, 0.2) is 12.5 Å². The SMILES string of the molecule is OCC[C@@H](O)C(O)C(F)C(O)O. The van der Waals surface area contributed by atoms with Crippen LogP contribution in [0.2, 0.25) is 0 Å². The molecule has 0 saturated carbocycles. The van der Waals surface area contributed by atoms with Crippen LogP contribution in [0.3, 0.4) is 0 Å². The van der Waals surface area contributed by atoms with Gasteiger partial charge >= 0.3 is 0 Å². The van der Waals surface area contributed by atoms with Crippen molar-refractivity contribution in [2.45, 2.75) is 31.1 Å². The van der Waals surface area contributed by atoms with Crippen molar-refractivity contribution in [1.82, 2.24) is 0 Å². The summed E-state index contributed by atoms with van der Waals surface area (Å²) in [7, 11) is 0. The fraction of sp³-hybridized carbons (Fsp3) is 1.00. The zero-order valence-electron chi connectivity index (χ0n) is 6.34. The zero-order chi connectivity index (χ0) is 9.72. The van der Waals surface area contributed by atoms with Crippen molar-refractivity contribution in [3.05, 3.63) is 0 Å². The Hall–Kier alpha value is -0.270. The Kier molecular flexibility index (Phi) is 5.27. The summed E-state index contributed by atoms with van der Waals surface area (Å²) < 4.78 is 12.5.